The van der Waals surface area contributed by atoms with E-state index in [4.69, 9.17) is 0 Å². The van der Waals surface area contributed by atoms with E-state index in [-0.39, 0.29) is 11.7 Å². The number of sulfonamides is 1. The van der Waals surface area contributed by atoms with Crippen molar-refractivity contribution in [2.75, 3.05) is 10.5 Å². The van der Waals surface area contributed by atoms with E-state index in [0.29, 0.717) is 5.69 Å². The Hall–Kier alpha value is -1.82. The number of benzene rings is 1. The number of hydrogen-bond donors (Lipinski definition) is 2. The van der Waals surface area contributed by atoms with Crippen LogP contribution in [0.5, 0.6) is 0 Å². The van der Waals surface area contributed by atoms with Gasteiger partial charge in [0.1, 0.15) is 0 Å². The second-order valence-electron chi connectivity index (χ2n) is 5.24. The van der Waals surface area contributed by atoms with Crippen LogP contribution in [-0.4, -0.2) is 24.1 Å². The molecule has 5 nitrogen and oxygen atoms in total. The zero-order chi connectivity index (χ0) is 15.6. The molecule has 2 aromatic rings. The molecule has 0 aliphatic rings. The molecule has 0 saturated heterocycles. The predicted molar refractivity (Wildman–Crippen MR) is 85.1 cm³/mol. The van der Waals surface area contributed by atoms with Gasteiger partial charge in [0, 0.05) is 12.1 Å². The first kappa shape index (κ1) is 15.6. The van der Waals surface area contributed by atoms with Crippen LogP contribution in [0.2, 0.25) is 0 Å². The molecule has 0 aliphatic heterocycles. The summed E-state index contributed by atoms with van der Waals surface area (Å²) in [6.07, 6.45) is 3.51. The monoisotopic (exact) mass is 307 g/mol. The molecule has 1 unspecified atom stereocenters. The number of anilines is 1. The van der Waals surface area contributed by atoms with Crippen molar-refractivity contribution in [1.29, 1.82) is 0 Å². The van der Waals surface area contributed by atoms with Crippen molar-refractivity contribution >= 4 is 15.7 Å². The molecule has 0 radical (unpaired) electrons. The van der Waals surface area contributed by atoms with Crippen molar-refractivity contribution in [3.8, 4) is 0 Å². The Bertz CT molecular complexity index is 722. The van der Waals surface area contributed by atoms with Gasteiger partial charge in [0.2, 0.25) is 10.0 Å². The van der Waals surface area contributed by atoms with Crippen LogP contribution < -0.4 is 4.72 Å². The van der Waals surface area contributed by atoms with Crippen LogP contribution in [0.1, 0.15) is 42.1 Å². The number of H-pyrrole nitrogens is 1. The Morgan fingerprint density at radius 2 is 2.00 bits per heavy atom. The lowest BCUT2D eigenvalue weighted by atomic mass is 9.92. The lowest BCUT2D eigenvalue weighted by Crippen LogP contribution is -2.16. The fourth-order valence-corrected chi connectivity index (χ4v) is 3.05. The normalized spacial score (nSPS) is 13.1. The van der Waals surface area contributed by atoms with Crippen LogP contribution in [0.15, 0.2) is 24.7 Å². The summed E-state index contributed by atoms with van der Waals surface area (Å²) < 4.78 is 26.2. The second-order valence-corrected chi connectivity index (χ2v) is 7.26. The molecule has 1 aromatic carbocycles. The Morgan fingerprint density at radius 1 is 1.29 bits per heavy atom. The smallest absolute Gasteiger partial charge is 0.232 e. The van der Waals surface area contributed by atoms with E-state index in [2.05, 4.69) is 21.6 Å². The Morgan fingerprint density at radius 3 is 2.57 bits per heavy atom. The molecular weight excluding hydrogens is 286 g/mol. The third kappa shape index (κ3) is 3.44. The maximum atomic E-state index is 11.8. The Balaban J connectivity index is 2.44. The number of aromatic amines is 1. The summed E-state index contributed by atoms with van der Waals surface area (Å²) in [4.78, 5) is 7.23. The van der Waals surface area contributed by atoms with Gasteiger partial charge < -0.3 is 4.98 Å². The summed E-state index contributed by atoms with van der Waals surface area (Å²) in [7, 11) is -3.28. The summed E-state index contributed by atoms with van der Waals surface area (Å²) in [5.74, 6) is 0.159. The third-order valence-electron chi connectivity index (χ3n) is 3.69. The van der Waals surface area contributed by atoms with E-state index in [1.54, 1.807) is 13.3 Å². The van der Waals surface area contributed by atoms with Crippen LogP contribution in [0.4, 0.5) is 5.69 Å². The van der Waals surface area contributed by atoms with Gasteiger partial charge in [0.05, 0.1) is 23.5 Å². The molecule has 0 aliphatic carbocycles. The highest BCUT2D eigenvalue weighted by Crippen LogP contribution is 2.30. The van der Waals surface area contributed by atoms with E-state index in [0.717, 1.165) is 22.4 Å². The van der Waals surface area contributed by atoms with Crippen molar-refractivity contribution in [1.82, 2.24) is 9.97 Å². The minimum absolute atomic E-state index is 0.0601. The first-order valence-corrected chi connectivity index (χ1v) is 8.59. The van der Waals surface area contributed by atoms with E-state index >= 15 is 0 Å². The number of rotatable bonds is 5. The number of hydrogen-bond acceptors (Lipinski definition) is 3. The lowest BCUT2D eigenvalue weighted by molar-refractivity contribution is 0.602. The summed E-state index contributed by atoms with van der Waals surface area (Å²) in [6.45, 7) is 7.62. The minimum Gasteiger partial charge on any atom is -0.351 e. The van der Waals surface area contributed by atoms with Crippen LogP contribution in [0, 0.1) is 13.8 Å². The van der Waals surface area contributed by atoms with Gasteiger partial charge >= 0.3 is 0 Å². The van der Waals surface area contributed by atoms with Crippen molar-refractivity contribution in [2.24, 2.45) is 0 Å². The van der Waals surface area contributed by atoms with E-state index in [9.17, 15) is 8.42 Å². The number of imidazole rings is 1. The zero-order valence-corrected chi connectivity index (χ0v) is 13.6. The van der Waals surface area contributed by atoms with Gasteiger partial charge in [0.15, 0.2) is 0 Å². The molecule has 0 spiro atoms. The summed E-state index contributed by atoms with van der Waals surface area (Å²) in [6, 6.07) is 3.92. The van der Waals surface area contributed by atoms with Crippen molar-refractivity contribution in [2.45, 2.75) is 33.6 Å². The Kier molecular flexibility index (Phi) is 4.37. The van der Waals surface area contributed by atoms with Crippen molar-refractivity contribution < 1.29 is 8.42 Å². The Labute approximate surface area is 125 Å². The molecule has 1 heterocycles. The molecule has 0 fully saturated rings. The first-order valence-electron chi connectivity index (χ1n) is 6.94. The highest BCUT2D eigenvalue weighted by Gasteiger charge is 2.16. The molecule has 0 bridgehead atoms. The second kappa shape index (κ2) is 5.89. The highest BCUT2D eigenvalue weighted by atomic mass is 32.2. The first-order chi connectivity index (χ1) is 9.84. The van der Waals surface area contributed by atoms with Gasteiger partial charge in [-0.25, -0.2) is 13.4 Å². The average Bonchev–Trinajstić information content (AvgIpc) is 2.95. The predicted octanol–water partition coefficient (Wildman–Crippen LogP) is 2.94. The largest absolute Gasteiger partial charge is 0.351 e. The van der Waals surface area contributed by atoms with Crippen molar-refractivity contribution in [3.63, 3.8) is 0 Å². The molecule has 0 amide bonds. The van der Waals surface area contributed by atoms with Gasteiger partial charge in [-0.15, -0.1) is 0 Å². The maximum Gasteiger partial charge on any atom is 0.232 e. The van der Waals surface area contributed by atoms with Gasteiger partial charge in [-0.1, -0.05) is 13.0 Å². The van der Waals surface area contributed by atoms with Gasteiger partial charge in [-0.2, -0.15) is 0 Å². The van der Waals surface area contributed by atoms with Crippen LogP contribution in [0.25, 0.3) is 0 Å². The zero-order valence-electron chi connectivity index (χ0n) is 12.8. The average molecular weight is 307 g/mol. The molecule has 1 aromatic heterocycles. The third-order valence-corrected chi connectivity index (χ3v) is 4.98. The molecule has 2 N–H and O–H groups in total. The van der Waals surface area contributed by atoms with E-state index in [1.165, 1.54) is 0 Å². The SMILES string of the molecule is CCS(=O)(=O)Nc1cc(C(C)c2c[nH]cn2)c(C)cc1C. The summed E-state index contributed by atoms with van der Waals surface area (Å²) in [5.41, 5.74) is 4.69. The van der Waals surface area contributed by atoms with E-state index in [1.807, 2.05) is 32.2 Å². The van der Waals surface area contributed by atoms with E-state index < -0.39 is 10.0 Å². The highest BCUT2D eigenvalue weighted by molar-refractivity contribution is 7.92. The summed E-state index contributed by atoms with van der Waals surface area (Å²) >= 11 is 0. The molecule has 2 rings (SSSR count). The molecule has 21 heavy (non-hydrogen) atoms. The number of nitrogens with zero attached hydrogens (tertiary/aromatic N) is 1. The fourth-order valence-electron chi connectivity index (χ4n) is 2.35. The number of aromatic nitrogens is 2. The molecule has 6 heteroatoms. The summed E-state index contributed by atoms with van der Waals surface area (Å²) in [5, 5.41) is 0. The van der Waals surface area contributed by atoms with Crippen LogP contribution in [-0.2, 0) is 10.0 Å². The molecule has 0 saturated carbocycles. The lowest BCUT2D eigenvalue weighted by Gasteiger charge is -2.17. The fraction of sp³-hybridized carbons (Fsp3) is 0.400. The molecule has 1 atom stereocenters. The standard InChI is InChI=1S/C15H21N3O2S/c1-5-21(19,20)18-14-7-13(10(2)6-11(14)3)12(4)15-8-16-9-17-15/h6-9,12,18H,5H2,1-4H3,(H,16,17). The number of aryl methyl sites for hydroxylation is 2. The topological polar surface area (TPSA) is 74.8 Å². The quantitative estimate of drug-likeness (QED) is 0.892. The minimum atomic E-state index is -3.28. The number of nitrogens with one attached hydrogen (secondary N) is 2. The van der Waals surface area contributed by atoms with Crippen LogP contribution >= 0.6 is 0 Å². The molecule has 114 valence electrons. The van der Waals surface area contributed by atoms with Crippen LogP contribution in [0.3, 0.4) is 0 Å². The van der Waals surface area contributed by atoms with Gasteiger partial charge in [0.25, 0.3) is 0 Å². The van der Waals surface area contributed by atoms with Gasteiger partial charge in [-0.05, 0) is 43.5 Å². The maximum absolute atomic E-state index is 11.8. The van der Waals surface area contributed by atoms with Crippen molar-refractivity contribution in [3.05, 3.63) is 47.0 Å². The molecular formula is C15H21N3O2S. The van der Waals surface area contributed by atoms with Gasteiger partial charge in [-0.3, -0.25) is 4.72 Å².